The van der Waals surface area contributed by atoms with E-state index in [0.717, 1.165) is 11.1 Å². The van der Waals surface area contributed by atoms with Crippen molar-refractivity contribution in [2.75, 3.05) is 19.1 Å². The Bertz CT molecular complexity index is 1330. The molecule has 174 valence electrons. The molecule has 1 fully saturated rings. The van der Waals surface area contributed by atoms with Crippen molar-refractivity contribution in [1.82, 2.24) is 0 Å². The van der Waals surface area contributed by atoms with Gasteiger partial charge in [0.15, 0.2) is 0 Å². The Hall–Kier alpha value is -3.77. The highest BCUT2D eigenvalue weighted by Gasteiger charge is 2.47. The summed E-state index contributed by atoms with van der Waals surface area (Å²) in [6.45, 7) is 3.79. The van der Waals surface area contributed by atoms with E-state index in [4.69, 9.17) is 21.1 Å². The van der Waals surface area contributed by atoms with E-state index in [1.165, 1.54) is 25.2 Å². The number of benzene rings is 3. The van der Waals surface area contributed by atoms with Gasteiger partial charge in [0.05, 0.1) is 31.4 Å². The number of carbonyl (C=O) groups is 2. The van der Waals surface area contributed by atoms with Crippen molar-refractivity contribution in [3.05, 3.63) is 93.5 Å². The zero-order valence-corrected chi connectivity index (χ0v) is 20.0. The van der Waals surface area contributed by atoms with E-state index < -0.39 is 17.7 Å². The summed E-state index contributed by atoms with van der Waals surface area (Å²) in [5, 5.41) is 11.8. The third-order valence-corrected chi connectivity index (χ3v) is 6.13. The first-order valence-electron chi connectivity index (χ1n) is 10.6. The summed E-state index contributed by atoms with van der Waals surface area (Å²) in [6, 6.07) is 16.6. The van der Waals surface area contributed by atoms with Gasteiger partial charge in [-0.15, -0.1) is 0 Å². The maximum absolute atomic E-state index is 13.4. The molecule has 1 saturated heterocycles. The number of Topliss-reactive ketones (excluding diaryl/α,β-unsaturated/α-hetero) is 1. The van der Waals surface area contributed by atoms with Gasteiger partial charge >= 0.3 is 0 Å². The number of rotatable bonds is 5. The van der Waals surface area contributed by atoms with Gasteiger partial charge in [0.25, 0.3) is 11.7 Å². The van der Waals surface area contributed by atoms with Crippen molar-refractivity contribution in [3.63, 3.8) is 0 Å². The smallest absolute Gasteiger partial charge is 0.300 e. The monoisotopic (exact) mass is 477 g/mol. The number of nitrogens with zero attached hydrogens (tertiary/aromatic N) is 1. The first-order chi connectivity index (χ1) is 16.3. The summed E-state index contributed by atoms with van der Waals surface area (Å²) < 4.78 is 10.8. The van der Waals surface area contributed by atoms with E-state index in [9.17, 15) is 14.7 Å². The lowest BCUT2D eigenvalue weighted by molar-refractivity contribution is -0.132. The van der Waals surface area contributed by atoms with Crippen LogP contribution in [0.15, 0.2) is 66.2 Å². The maximum atomic E-state index is 13.4. The summed E-state index contributed by atoms with van der Waals surface area (Å²) in [4.78, 5) is 28.3. The van der Waals surface area contributed by atoms with Crippen LogP contribution in [0.25, 0.3) is 5.76 Å². The van der Waals surface area contributed by atoms with Crippen molar-refractivity contribution < 1.29 is 24.2 Å². The minimum Gasteiger partial charge on any atom is -0.507 e. The van der Waals surface area contributed by atoms with Gasteiger partial charge in [0, 0.05) is 10.7 Å². The van der Waals surface area contributed by atoms with Crippen LogP contribution in [0, 0.1) is 13.8 Å². The van der Waals surface area contributed by atoms with Crippen molar-refractivity contribution in [2.24, 2.45) is 0 Å². The fourth-order valence-electron chi connectivity index (χ4n) is 4.20. The van der Waals surface area contributed by atoms with Crippen LogP contribution in [0.5, 0.6) is 11.5 Å². The predicted octanol–water partition coefficient (Wildman–Crippen LogP) is 5.60. The van der Waals surface area contributed by atoms with Crippen LogP contribution in [0.1, 0.15) is 28.3 Å². The standard InChI is InChI=1S/C27H24ClNO5/c1-15-8-9-16(2)21(12-15)29-24(17-6-5-7-19(13-17)33-3)23(26(31)27(29)32)25(30)20-14-18(28)10-11-22(20)34-4/h5-14,24,30H,1-4H3/b25-23+. The highest BCUT2D eigenvalue weighted by Crippen LogP contribution is 2.45. The molecule has 3 aromatic rings. The number of amides is 1. The van der Waals surface area contributed by atoms with Crippen LogP contribution >= 0.6 is 11.6 Å². The molecule has 6 nitrogen and oxygen atoms in total. The van der Waals surface area contributed by atoms with Gasteiger partial charge in [-0.3, -0.25) is 14.5 Å². The van der Waals surface area contributed by atoms with Crippen LogP contribution in [-0.4, -0.2) is 31.0 Å². The number of carbonyl (C=O) groups excluding carboxylic acids is 2. The summed E-state index contributed by atoms with van der Waals surface area (Å²) in [5.74, 6) is -1.01. The van der Waals surface area contributed by atoms with E-state index in [2.05, 4.69) is 0 Å². The van der Waals surface area contributed by atoms with Crippen LogP contribution in [0.4, 0.5) is 5.69 Å². The summed E-state index contributed by atoms with van der Waals surface area (Å²) in [7, 11) is 2.99. The molecule has 1 unspecified atom stereocenters. The van der Waals surface area contributed by atoms with Crippen molar-refractivity contribution in [1.29, 1.82) is 0 Å². The second kappa shape index (κ2) is 9.23. The number of aliphatic hydroxyl groups excluding tert-OH is 1. The van der Waals surface area contributed by atoms with Gasteiger partial charge in [0.1, 0.15) is 17.3 Å². The number of hydrogen-bond acceptors (Lipinski definition) is 5. The lowest BCUT2D eigenvalue weighted by atomic mass is 9.94. The number of halogens is 1. The molecule has 1 atom stereocenters. The molecule has 0 aromatic heterocycles. The van der Waals surface area contributed by atoms with Crippen LogP contribution in [0.3, 0.4) is 0 Å². The lowest BCUT2D eigenvalue weighted by Gasteiger charge is -2.27. The van der Waals surface area contributed by atoms with E-state index in [1.54, 1.807) is 36.4 Å². The molecule has 1 heterocycles. The van der Waals surface area contributed by atoms with E-state index in [-0.39, 0.29) is 16.9 Å². The minimum absolute atomic E-state index is 0.0558. The second-order valence-corrected chi connectivity index (χ2v) is 8.52. The highest BCUT2D eigenvalue weighted by molar-refractivity contribution is 6.52. The number of methoxy groups -OCH3 is 2. The molecule has 7 heteroatoms. The van der Waals surface area contributed by atoms with Crippen LogP contribution < -0.4 is 14.4 Å². The number of hydrogen-bond donors (Lipinski definition) is 1. The maximum Gasteiger partial charge on any atom is 0.300 e. The fraction of sp³-hybridized carbons (Fsp3) is 0.185. The normalized spacial score (nSPS) is 17.2. The Kier molecular flexibility index (Phi) is 6.35. The van der Waals surface area contributed by atoms with Gasteiger partial charge in [-0.05, 0) is 66.9 Å². The zero-order chi connectivity index (χ0) is 24.6. The average molecular weight is 478 g/mol. The Labute approximate surface area is 203 Å². The van der Waals surface area contributed by atoms with E-state index in [0.29, 0.717) is 27.8 Å². The summed E-state index contributed by atoms with van der Waals surface area (Å²) in [5.41, 5.74) is 3.12. The second-order valence-electron chi connectivity index (χ2n) is 8.08. The van der Waals surface area contributed by atoms with E-state index in [1.807, 2.05) is 32.0 Å². The molecular weight excluding hydrogens is 454 g/mol. The Morgan fingerprint density at radius 2 is 1.74 bits per heavy atom. The lowest BCUT2D eigenvalue weighted by Crippen LogP contribution is -2.30. The van der Waals surface area contributed by atoms with Crippen molar-refractivity contribution in [3.8, 4) is 11.5 Å². The molecule has 0 spiro atoms. The molecule has 0 bridgehead atoms. The molecule has 0 radical (unpaired) electrons. The van der Waals surface area contributed by atoms with E-state index >= 15 is 0 Å². The molecule has 0 saturated carbocycles. The first-order valence-corrected chi connectivity index (χ1v) is 11.0. The third-order valence-electron chi connectivity index (χ3n) is 5.89. The quantitative estimate of drug-likeness (QED) is 0.294. The molecule has 3 aromatic carbocycles. The molecule has 1 aliphatic heterocycles. The molecule has 0 aliphatic carbocycles. The topological polar surface area (TPSA) is 76.1 Å². The number of ketones is 1. The molecule has 1 N–H and O–H groups in total. The van der Waals surface area contributed by atoms with Gasteiger partial charge in [0.2, 0.25) is 0 Å². The number of aliphatic hydroxyl groups is 1. The van der Waals surface area contributed by atoms with Gasteiger partial charge < -0.3 is 14.6 Å². The number of aryl methyl sites for hydroxylation is 2. The Morgan fingerprint density at radius 3 is 2.44 bits per heavy atom. The first kappa shape index (κ1) is 23.4. The highest BCUT2D eigenvalue weighted by atomic mass is 35.5. The van der Waals surface area contributed by atoms with Gasteiger partial charge in [-0.1, -0.05) is 35.9 Å². The molecular formula is C27H24ClNO5. The molecule has 4 rings (SSSR count). The Morgan fingerprint density at radius 1 is 0.971 bits per heavy atom. The van der Waals surface area contributed by atoms with Crippen LogP contribution in [-0.2, 0) is 9.59 Å². The van der Waals surface area contributed by atoms with Crippen molar-refractivity contribution in [2.45, 2.75) is 19.9 Å². The number of anilines is 1. The average Bonchev–Trinajstić information content (AvgIpc) is 3.10. The predicted molar refractivity (Wildman–Crippen MR) is 132 cm³/mol. The molecule has 34 heavy (non-hydrogen) atoms. The van der Waals surface area contributed by atoms with Crippen LogP contribution in [0.2, 0.25) is 5.02 Å². The largest absolute Gasteiger partial charge is 0.507 e. The Balaban J connectivity index is 2.03. The minimum atomic E-state index is -0.890. The number of ether oxygens (including phenoxy) is 2. The zero-order valence-electron chi connectivity index (χ0n) is 19.3. The van der Waals surface area contributed by atoms with Crippen molar-refractivity contribution >= 4 is 34.7 Å². The third kappa shape index (κ3) is 4.01. The molecule has 1 aliphatic rings. The molecule has 1 amide bonds. The van der Waals surface area contributed by atoms with Gasteiger partial charge in [-0.2, -0.15) is 0 Å². The summed E-state index contributed by atoms with van der Waals surface area (Å²) >= 11 is 6.18. The summed E-state index contributed by atoms with van der Waals surface area (Å²) in [6.07, 6.45) is 0. The van der Waals surface area contributed by atoms with Gasteiger partial charge in [-0.25, -0.2) is 0 Å². The SMILES string of the molecule is COc1cccc(C2/C(=C(\O)c3cc(Cl)ccc3OC)C(=O)C(=O)N2c2cc(C)ccc2C)c1. The fourth-order valence-corrected chi connectivity index (χ4v) is 4.37.